The molecule has 2 aromatic carbocycles. The van der Waals surface area contributed by atoms with E-state index in [0.717, 1.165) is 36.1 Å². The minimum Gasteiger partial charge on any atom is -0.493 e. The van der Waals surface area contributed by atoms with E-state index in [0.29, 0.717) is 24.7 Å². The summed E-state index contributed by atoms with van der Waals surface area (Å²) in [6, 6.07) is 15.8. The van der Waals surface area contributed by atoms with E-state index in [2.05, 4.69) is 45.1 Å². The lowest BCUT2D eigenvalue weighted by molar-refractivity contribution is 0.0446. The third kappa shape index (κ3) is 10.3. The Morgan fingerprint density at radius 3 is 2.36 bits per heavy atom. The van der Waals surface area contributed by atoms with Crippen molar-refractivity contribution in [2.24, 2.45) is 5.92 Å². The van der Waals surface area contributed by atoms with Gasteiger partial charge in [0.1, 0.15) is 5.75 Å². The van der Waals surface area contributed by atoms with Gasteiger partial charge in [-0.1, -0.05) is 95.4 Å². The monoisotopic (exact) mass is 450 g/mol. The van der Waals surface area contributed by atoms with Crippen molar-refractivity contribution in [1.29, 1.82) is 0 Å². The number of allylic oxidation sites excluding steroid dienone is 2. The summed E-state index contributed by atoms with van der Waals surface area (Å²) in [5.74, 6) is 0.804. The lowest BCUT2D eigenvalue weighted by Gasteiger charge is -2.14. The maximum atomic E-state index is 12.5. The third-order valence-corrected chi connectivity index (χ3v) is 5.91. The maximum Gasteiger partial charge on any atom is 0.338 e. The van der Waals surface area contributed by atoms with Crippen molar-refractivity contribution < 1.29 is 14.3 Å². The van der Waals surface area contributed by atoms with Gasteiger partial charge in [0.25, 0.3) is 0 Å². The number of rotatable bonds is 16. The molecule has 3 heteroatoms. The molecule has 0 bridgehead atoms. The van der Waals surface area contributed by atoms with Crippen molar-refractivity contribution >= 4 is 5.97 Å². The van der Waals surface area contributed by atoms with Crippen molar-refractivity contribution in [2.45, 2.75) is 78.6 Å². The second-order valence-electron chi connectivity index (χ2n) is 8.85. The Labute approximate surface area is 201 Å². The number of unbranched alkanes of at least 4 members (excludes halogenated alkanes) is 6. The average molecular weight is 451 g/mol. The first-order chi connectivity index (χ1) is 16.2. The van der Waals surface area contributed by atoms with Gasteiger partial charge in [0.05, 0.1) is 18.8 Å². The molecule has 180 valence electrons. The molecule has 0 N–H and O–H groups in total. The van der Waals surface area contributed by atoms with Crippen LogP contribution in [0.15, 0.2) is 60.7 Å². The molecule has 0 spiro atoms. The smallest absolute Gasteiger partial charge is 0.338 e. The number of carbonyl (C=O) groups is 1. The van der Waals surface area contributed by atoms with Crippen LogP contribution in [0.2, 0.25) is 0 Å². The van der Waals surface area contributed by atoms with Crippen LogP contribution in [0.3, 0.4) is 0 Å². The quantitative estimate of drug-likeness (QED) is 0.146. The second kappa shape index (κ2) is 16.1. The summed E-state index contributed by atoms with van der Waals surface area (Å²) in [7, 11) is 0. The summed E-state index contributed by atoms with van der Waals surface area (Å²) in [5.41, 5.74) is 2.61. The van der Waals surface area contributed by atoms with Crippen LogP contribution in [0.5, 0.6) is 5.75 Å². The van der Waals surface area contributed by atoms with E-state index in [1.807, 2.05) is 36.4 Å². The number of hydrogen-bond acceptors (Lipinski definition) is 3. The van der Waals surface area contributed by atoms with Gasteiger partial charge in [-0.25, -0.2) is 4.79 Å². The van der Waals surface area contributed by atoms with Gasteiger partial charge in [-0.3, -0.25) is 0 Å². The molecule has 0 aliphatic rings. The number of ether oxygens (including phenoxy) is 2. The molecule has 2 aromatic rings. The van der Waals surface area contributed by atoms with Crippen molar-refractivity contribution in [3.8, 4) is 16.9 Å². The first kappa shape index (κ1) is 26.7. The van der Waals surface area contributed by atoms with Crippen LogP contribution in [-0.4, -0.2) is 19.2 Å². The van der Waals surface area contributed by atoms with Gasteiger partial charge in [0.15, 0.2) is 0 Å². The molecular weight excluding hydrogens is 408 g/mol. The zero-order valence-corrected chi connectivity index (χ0v) is 20.9. The fraction of sp³-hybridized carbons (Fsp3) is 0.500. The summed E-state index contributed by atoms with van der Waals surface area (Å²) in [6.07, 6.45) is 15.3. The highest BCUT2D eigenvalue weighted by Crippen LogP contribution is 2.31. The SMILES string of the molecule is CCCCCCCC=CCCCOc1cc(C(=O)OCC(C)CC)ccc1-c1ccccc1. The minimum absolute atomic E-state index is 0.290. The Morgan fingerprint density at radius 2 is 1.64 bits per heavy atom. The van der Waals surface area contributed by atoms with Gasteiger partial charge in [-0.2, -0.15) is 0 Å². The topological polar surface area (TPSA) is 35.5 Å². The normalized spacial score (nSPS) is 12.1. The van der Waals surface area contributed by atoms with Gasteiger partial charge >= 0.3 is 5.97 Å². The molecule has 0 fully saturated rings. The molecule has 0 aromatic heterocycles. The van der Waals surface area contributed by atoms with Crippen LogP contribution >= 0.6 is 0 Å². The Balaban J connectivity index is 1.91. The van der Waals surface area contributed by atoms with Gasteiger partial charge in [0, 0.05) is 5.56 Å². The van der Waals surface area contributed by atoms with Crippen LogP contribution in [-0.2, 0) is 4.74 Å². The lowest BCUT2D eigenvalue weighted by atomic mass is 10.0. The fourth-order valence-electron chi connectivity index (χ4n) is 3.53. The zero-order valence-electron chi connectivity index (χ0n) is 20.9. The lowest BCUT2D eigenvalue weighted by Crippen LogP contribution is -2.12. The fourth-order valence-corrected chi connectivity index (χ4v) is 3.53. The van der Waals surface area contributed by atoms with Crippen LogP contribution in [0.25, 0.3) is 11.1 Å². The molecular formula is C30H42O3. The molecule has 2 rings (SSSR count). The van der Waals surface area contributed by atoms with E-state index >= 15 is 0 Å². The van der Waals surface area contributed by atoms with Crippen molar-refractivity contribution in [1.82, 2.24) is 0 Å². The summed E-state index contributed by atoms with van der Waals surface area (Å²) in [5, 5.41) is 0. The Kier molecular flexibility index (Phi) is 13.0. The number of carbonyl (C=O) groups excluding carboxylic acids is 1. The molecule has 1 atom stereocenters. The van der Waals surface area contributed by atoms with E-state index in [-0.39, 0.29) is 5.97 Å². The van der Waals surface area contributed by atoms with E-state index in [4.69, 9.17) is 9.47 Å². The minimum atomic E-state index is -0.290. The van der Waals surface area contributed by atoms with E-state index in [9.17, 15) is 4.79 Å². The first-order valence-corrected chi connectivity index (χ1v) is 12.8. The van der Waals surface area contributed by atoms with Gasteiger partial charge < -0.3 is 9.47 Å². The van der Waals surface area contributed by atoms with Gasteiger partial charge in [0.2, 0.25) is 0 Å². The molecule has 1 unspecified atom stereocenters. The van der Waals surface area contributed by atoms with Crippen LogP contribution in [0.1, 0.15) is 88.9 Å². The van der Waals surface area contributed by atoms with E-state index < -0.39 is 0 Å². The highest BCUT2D eigenvalue weighted by Gasteiger charge is 2.14. The van der Waals surface area contributed by atoms with E-state index in [1.54, 1.807) is 0 Å². The Morgan fingerprint density at radius 1 is 0.909 bits per heavy atom. The highest BCUT2D eigenvalue weighted by atomic mass is 16.5. The van der Waals surface area contributed by atoms with Crippen LogP contribution in [0, 0.1) is 5.92 Å². The maximum absolute atomic E-state index is 12.5. The molecule has 0 saturated carbocycles. The number of hydrogen-bond donors (Lipinski definition) is 0. The molecule has 33 heavy (non-hydrogen) atoms. The second-order valence-corrected chi connectivity index (χ2v) is 8.85. The first-order valence-electron chi connectivity index (χ1n) is 12.8. The summed E-state index contributed by atoms with van der Waals surface area (Å²) in [6.45, 7) is 7.49. The summed E-state index contributed by atoms with van der Waals surface area (Å²) in [4.78, 5) is 12.5. The third-order valence-electron chi connectivity index (χ3n) is 5.91. The summed E-state index contributed by atoms with van der Waals surface area (Å²) < 4.78 is 11.6. The van der Waals surface area contributed by atoms with Crippen LogP contribution in [0.4, 0.5) is 0 Å². The number of benzene rings is 2. The summed E-state index contributed by atoms with van der Waals surface area (Å²) >= 11 is 0. The molecule has 0 heterocycles. The molecule has 0 aliphatic heterocycles. The molecule has 0 radical (unpaired) electrons. The molecule has 3 nitrogen and oxygen atoms in total. The van der Waals surface area contributed by atoms with Crippen molar-refractivity contribution in [2.75, 3.05) is 13.2 Å². The van der Waals surface area contributed by atoms with Gasteiger partial charge in [-0.05, 0) is 55.4 Å². The van der Waals surface area contributed by atoms with Crippen molar-refractivity contribution in [3.63, 3.8) is 0 Å². The predicted octanol–water partition coefficient (Wildman–Crippen LogP) is 8.63. The molecule has 0 aliphatic carbocycles. The highest BCUT2D eigenvalue weighted by molar-refractivity contribution is 5.91. The predicted molar refractivity (Wildman–Crippen MR) is 139 cm³/mol. The largest absolute Gasteiger partial charge is 0.493 e. The van der Waals surface area contributed by atoms with Crippen molar-refractivity contribution in [3.05, 3.63) is 66.2 Å². The zero-order chi connectivity index (χ0) is 23.7. The Hall–Kier alpha value is -2.55. The van der Waals surface area contributed by atoms with E-state index in [1.165, 1.54) is 38.5 Å². The Bertz CT molecular complexity index is 826. The standard InChI is InChI=1S/C30H42O3/c1-4-6-7-8-9-10-11-12-13-17-22-32-29-23-27(30(31)33-24-25(3)5-2)20-21-28(29)26-18-15-14-16-19-26/h11-12,14-16,18-21,23,25H,4-10,13,17,22,24H2,1-3H3. The van der Waals surface area contributed by atoms with Gasteiger partial charge in [-0.15, -0.1) is 0 Å². The van der Waals surface area contributed by atoms with Crippen LogP contribution < -0.4 is 4.74 Å². The number of esters is 1. The molecule has 0 saturated heterocycles. The average Bonchev–Trinajstić information content (AvgIpc) is 2.86. The molecule has 0 amide bonds.